The molecule has 0 fully saturated rings. The second kappa shape index (κ2) is 5.93. The van der Waals surface area contributed by atoms with Crippen molar-refractivity contribution in [3.8, 4) is 17.6 Å². The normalized spacial score (nSPS) is 11.4. The molecule has 0 amide bonds. The summed E-state index contributed by atoms with van der Waals surface area (Å²) in [5.41, 5.74) is 1.02. The van der Waals surface area contributed by atoms with E-state index in [-0.39, 0.29) is 5.75 Å². The average molecular weight is 272 g/mol. The summed E-state index contributed by atoms with van der Waals surface area (Å²) in [5.74, 6) is -0.158. The number of ether oxygens (including phenoxy) is 1. The Balaban J connectivity index is 2.26. The number of phenols is 1. The van der Waals surface area contributed by atoms with E-state index in [0.29, 0.717) is 17.0 Å². The van der Waals surface area contributed by atoms with Crippen LogP contribution in [-0.2, 0) is 0 Å². The Morgan fingerprint density at radius 3 is 2.75 bits per heavy atom. The molecule has 0 heterocycles. The summed E-state index contributed by atoms with van der Waals surface area (Å²) >= 11 is 0. The molecule has 2 rings (SSSR count). The number of methoxy groups -OCH3 is 1. The molecule has 0 aromatic heterocycles. The highest BCUT2D eigenvalue weighted by Crippen LogP contribution is 2.25. The van der Waals surface area contributed by atoms with Crippen molar-refractivity contribution in [1.82, 2.24) is 0 Å². The number of hydrogen-bond acceptors (Lipinski definition) is 4. The van der Waals surface area contributed by atoms with Crippen molar-refractivity contribution < 1.29 is 14.2 Å². The van der Waals surface area contributed by atoms with E-state index in [1.165, 1.54) is 12.1 Å². The van der Waals surface area contributed by atoms with Gasteiger partial charge in [-0.25, -0.2) is 4.39 Å². The summed E-state index contributed by atoms with van der Waals surface area (Å²) in [5, 5.41) is 21.5. The molecule has 2 aromatic rings. The molecule has 102 valence electrons. The zero-order valence-electron chi connectivity index (χ0n) is 10.8. The SMILES string of the molecule is COc1cccc(NC(C#N)c2cc(O)cc(F)c2)c1. The average Bonchev–Trinajstić information content (AvgIpc) is 2.44. The number of rotatable bonds is 4. The molecule has 0 saturated carbocycles. The lowest BCUT2D eigenvalue weighted by Crippen LogP contribution is -2.08. The highest BCUT2D eigenvalue weighted by atomic mass is 19.1. The minimum atomic E-state index is -0.774. The van der Waals surface area contributed by atoms with E-state index in [1.54, 1.807) is 31.4 Å². The molecule has 1 unspecified atom stereocenters. The zero-order chi connectivity index (χ0) is 14.5. The third-order valence-corrected chi connectivity index (χ3v) is 2.75. The first-order valence-corrected chi connectivity index (χ1v) is 5.92. The third-order valence-electron chi connectivity index (χ3n) is 2.75. The van der Waals surface area contributed by atoms with Crippen LogP contribution in [0.1, 0.15) is 11.6 Å². The molecule has 20 heavy (non-hydrogen) atoms. The molecule has 5 heteroatoms. The Kier molecular flexibility index (Phi) is 4.06. The van der Waals surface area contributed by atoms with Gasteiger partial charge in [0.2, 0.25) is 0 Å². The summed E-state index contributed by atoms with van der Waals surface area (Å²) in [6.07, 6.45) is 0. The van der Waals surface area contributed by atoms with Gasteiger partial charge in [-0.2, -0.15) is 5.26 Å². The van der Waals surface area contributed by atoms with Crippen LogP contribution < -0.4 is 10.1 Å². The molecule has 0 bridgehead atoms. The maximum Gasteiger partial charge on any atom is 0.140 e. The predicted octanol–water partition coefficient (Wildman–Crippen LogP) is 3.22. The van der Waals surface area contributed by atoms with Gasteiger partial charge in [0.1, 0.15) is 23.4 Å². The highest BCUT2D eigenvalue weighted by molar-refractivity contribution is 5.51. The minimum absolute atomic E-state index is 0.215. The number of halogens is 1. The van der Waals surface area contributed by atoms with Gasteiger partial charge in [-0.05, 0) is 29.8 Å². The van der Waals surface area contributed by atoms with Crippen LogP contribution in [0.2, 0.25) is 0 Å². The summed E-state index contributed by atoms with van der Waals surface area (Å²) in [4.78, 5) is 0. The number of nitrogens with zero attached hydrogens (tertiary/aromatic N) is 1. The van der Waals surface area contributed by atoms with Crippen LogP contribution in [0.25, 0.3) is 0 Å². The fraction of sp³-hybridized carbons (Fsp3) is 0.133. The Morgan fingerprint density at radius 2 is 2.10 bits per heavy atom. The van der Waals surface area contributed by atoms with Crippen molar-refractivity contribution in [2.45, 2.75) is 6.04 Å². The molecule has 0 aliphatic rings. The maximum atomic E-state index is 13.3. The molecule has 0 spiro atoms. The summed E-state index contributed by atoms with van der Waals surface area (Å²) in [7, 11) is 1.55. The van der Waals surface area contributed by atoms with Crippen LogP contribution in [0.15, 0.2) is 42.5 Å². The highest BCUT2D eigenvalue weighted by Gasteiger charge is 2.13. The lowest BCUT2D eigenvalue weighted by Gasteiger charge is -2.14. The number of nitriles is 1. The zero-order valence-corrected chi connectivity index (χ0v) is 10.8. The van der Waals surface area contributed by atoms with Gasteiger partial charge in [0.25, 0.3) is 0 Å². The van der Waals surface area contributed by atoms with Crippen molar-refractivity contribution in [3.05, 3.63) is 53.8 Å². The molecule has 4 nitrogen and oxygen atoms in total. The monoisotopic (exact) mass is 272 g/mol. The molecule has 1 atom stereocenters. The summed E-state index contributed by atoms with van der Waals surface area (Å²) in [6.45, 7) is 0. The first-order chi connectivity index (χ1) is 9.62. The van der Waals surface area contributed by atoms with Crippen molar-refractivity contribution in [1.29, 1.82) is 5.26 Å². The first kappa shape index (κ1) is 13.7. The van der Waals surface area contributed by atoms with Crippen molar-refractivity contribution in [3.63, 3.8) is 0 Å². The van der Waals surface area contributed by atoms with Gasteiger partial charge in [0, 0.05) is 17.8 Å². The number of benzene rings is 2. The Morgan fingerprint density at radius 1 is 1.30 bits per heavy atom. The van der Waals surface area contributed by atoms with Crippen molar-refractivity contribution in [2.75, 3.05) is 12.4 Å². The lowest BCUT2D eigenvalue weighted by molar-refractivity contribution is 0.415. The van der Waals surface area contributed by atoms with Crippen molar-refractivity contribution in [2.24, 2.45) is 0 Å². The van der Waals surface area contributed by atoms with E-state index in [1.807, 2.05) is 6.07 Å². The number of aromatic hydroxyl groups is 1. The summed E-state index contributed by atoms with van der Waals surface area (Å²) in [6, 6.07) is 11.9. The predicted molar refractivity (Wildman–Crippen MR) is 73.0 cm³/mol. The number of nitrogens with one attached hydrogen (secondary N) is 1. The number of anilines is 1. The van der Waals surface area contributed by atoms with Gasteiger partial charge < -0.3 is 15.2 Å². The van der Waals surface area contributed by atoms with Crippen LogP contribution in [0.3, 0.4) is 0 Å². The smallest absolute Gasteiger partial charge is 0.140 e. The molecular weight excluding hydrogens is 259 g/mol. The fourth-order valence-electron chi connectivity index (χ4n) is 1.83. The van der Waals surface area contributed by atoms with E-state index in [9.17, 15) is 14.8 Å². The largest absolute Gasteiger partial charge is 0.508 e. The molecule has 2 aromatic carbocycles. The van der Waals surface area contributed by atoms with E-state index >= 15 is 0 Å². The van der Waals surface area contributed by atoms with E-state index in [0.717, 1.165) is 6.07 Å². The van der Waals surface area contributed by atoms with Crippen LogP contribution in [-0.4, -0.2) is 12.2 Å². The van der Waals surface area contributed by atoms with Gasteiger partial charge in [0.05, 0.1) is 13.2 Å². The molecule has 0 aliphatic heterocycles. The standard InChI is InChI=1S/C15H13FN2O2/c1-20-14-4-2-3-12(8-14)18-15(9-17)10-5-11(16)7-13(19)6-10/h2-8,15,18-19H,1H3. The Labute approximate surface area is 116 Å². The maximum absolute atomic E-state index is 13.3. The minimum Gasteiger partial charge on any atom is -0.508 e. The van der Waals surface area contributed by atoms with Crippen molar-refractivity contribution >= 4 is 5.69 Å². The van der Waals surface area contributed by atoms with Gasteiger partial charge in [-0.1, -0.05) is 6.07 Å². The van der Waals surface area contributed by atoms with Gasteiger partial charge in [-0.15, -0.1) is 0 Å². The number of hydrogen-bond donors (Lipinski definition) is 2. The third kappa shape index (κ3) is 3.18. The topological polar surface area (TPSA) is 65.3 Å². The van der Waals surface area contributed by atoms with E-state index in [2.05, 4.69) is 5.32 Å². The van der Waals surface area contributed by atoms with E-state index in [4.69, 9.17) is 4.74 Å². The van der Waals surface area contributed by atoms with E-state index < -0.39 is 11.9 Å². The lowest BCUT2D eigenvalue weighted by atomic mass is 10.1. The quantitative estimate of drug-likeness (QED) is 0.897. The second-order valence-electron chi connectivity index (χ2n) is 4.18. The van der Waals surface area contributed by atoms with Gasteiger partial charge in [0.15, 0.2) is 0 Å². The molecule has 0 radical (unpaired) electrons. The van der Waals surface area contributed by atoms with Gasteiger partial charge in [-0.3, -0.25) is 0 Å². The van der Waals surface area contributed by atoms with Crippen LogP contribution in [0.4, 0.5) is 10.1 Å². The fourth-order valence-corrected chi connectivity index (χ4v) is 1.83. The van der Waals surface area contributed by atoms with Gasteiger partial charge >= 0.3 is 0 Å². The summed E-state index contributed by atoms with van der Waals surface area (Å²) < 4.78 is 18.4. The molecular formula is C15H13FN2O2. The Bertz CT molecular complexity index is 632. The van der Waals surface area contributed by atoms with Crippen LogP contribution >= 0.6 is 0 Å². The molecule has 2 N–H and O–H groups in total. The first-order valence-electron chi connectivity index (χ1n) is 5.92. The number of phenolic OH excluding ortho intramolecular Hbond substituents is 1. The molecule has 0 saturated heterocycles. The molecule has 0 aliphatic carbocycles. The van der Waals surface area contributed by atoms with Crippen LogP contribution in [0, 0.1) is 17.1 Å². The van der Waals surface area contributed by atoms with Crippen LogP contribution in [0.5, 0.6) is 11.5 Å². The Hall–Kier alpha value is -2.74. The second-order valence-corrected chi connectivity index (χ2v) is 4.18.